The summed E-state index contributed by atoms with van der Waals surface area (Å²) in [4.78, 5) is 2.64. The standard InChI is InChI=1S/C29H20S/c1-3-9-20(10-4-1)27-17-18-28(30-27)25-16-15-24-23-14-8-7-13-22(23)19-26(24)29(25)21-11-5-2-6-12-21/h1-18H,19H2. The molecule has 0 fully saturated rings. The highest BCUT2D eigenvalue weighted by molar-refractivity contribution is 7.18. The molecule has 4 aromatic carbocycles. The molecule has 1 heteroatoms. The van der Waals surface area contributed by atoms with Crippen LogP contribution in [0.5, 0.6) is 0 Å². The molecular formula is C29H20S. The number of benzene rings is 4. The van der Waals surface area contributed by atoms with Gasteiger partial charge in [0.1, 0.15) is 0 Å². The lowest BCUT2D eigenvalue weighted by Crippen LogP contribution is -1.91. The number of thiophene rings is 1. The van der Waals surface area contributed by atoms with Crippen molar-refractivity contribution in [3.8, 4) is 43.1 Å². The van der Waals surface area contributed by atoms with E-state index in [0.717, 1.165) is 6.42 Å². The summed E-state index contributed by atoms with van der Waals surface area (Å²) in [6, 6.07) is 39.5. The molecule has 142 valence electrons. The zero-order valence-electron chi connectivity index (χ0n) is 16.5. The molecule has 0 atom stereocenters. The summed E-state index contributed by atoms with van der Waals surface area (Å²) >= 11 is 1.88. The quantitative estimate of drug-likeness (QED) is 0.280. The van der Waals surface area contributed by atoms with Crippen LogP contribution in [0.2, 0.25) is 0 Å². The fraction of sp³-hybridized carbons (Fsp3) is 0.0345. The molecule has 0 nitrogen and oxygen atoms in total. The molecule has 6 rings (SSSR count). The molecule has 0 amide bonds. The fourth-order valence-corrected chi connectivity index (χ4v) is 5.63. The van der Waals surface area contributed by atoms with E-state index < -0.39 is 0 Å². The van der Waals surface area contributed by atoms with Crippen molar-refractivity contribution in [3.63, 3.8) is 0 Å². The highest BCUT2D eigenvalue weighted by Gasteiger charge is 2.24. The van der Waals surface area contributed by atoms with Gasteiger partial charge in [-0.15, -0.1) is 11.3 Å². The van der Waals surface area contributed by atoms with Crippen LogP contribution in [0.3, 0.4) is 0 Å². The van der Waals surface area contributed by atoms with Gasteiger partial charge < -0.3 is 0 Å². The zero-order valence-corrected chi connectivity index (χ0v) is 17.3. The average molecular weight is 401 g/mol. The summed E-state index contributed by atoms with van der Waals surface area (Å²) in [7, 11) is 0. The van der Waals surface area contributed by atoms with Crippen molar-refractivity contribution in [2.24, 2.45) is 0 Å². The number of hydrogen-bond acceptors (Lipinski definition) is 1. The second-order valence-electron chi connectivity index (χ2n) is 7.74. The van der Waals surface area contributed by atoms with E-state index in [1.54, 1.807) is 0 Å². The maximum Gasteiger partial charge on any atom is 0.0355 e. The molecule has 0 aliphatic heterocycles. The minimum absolute atomic E-state index is 1.00. The Morgan fingerprint density at radius 3 is 1.90 bits per heavy atom. The van der Waals surface area contributed by atoms with Crippen LogP contribution in [0, 0.1) is 0 Å². The van der Waals surface area contributed by atoms with Crippen LogP contribution < -0.4 is 0 Å². The van der Waals surface area contributed by atoms with Crippen molar-refractivity contribution in [3.05, 3.63) is 120 Å². The van der Waals surface area contributed by atoms with Crippen LogP contribution in [0.4, 0.5) is 0 Å². The molecule has 0 saturated carbocycles. The van der Waals surface area contributed by atoms with E-state index in [1.165, 1.54) is 54.3 Å². The summed E-state index contributed by atoms with van der Waals surface area (Å²) in [5, 5.41) is 0. The van der Waals surface area contributed by atoms with Crippen molar-refractivity contribution in [2.45, 2.75) is 6.42 Å². The smallest absolute Gasteiger partial charge is 0.0355 e. The molecule has 0 radical (unpaired) electrons. The van der Waals surface area contributed by atoms with Crippen LogP contribution in [-0.2, 0) is 6.42 Å². The van der Waals surface area contributed by atoms with Gasteiger partial charge in [-0.25, -0.2) is 0 Å². The van der Waals surface area contributed by atoms with E-state index in [9.17, 15) is 0 Å². The van der Waals surface area contributed by atoms with Gasteiger partial charge in [-0.2, -0.15) is 0 Å². The Bertz CT molecular complexity index is 1340. The van der Waals surface area contributed by atoms with E-state index in [-0.39, 0.29) is 0 Å². The maximum absolute atomic E-state index is 2.32. The van der Waals surface area contributed by atoms with E-state index in [1.807, 2.05) is 11.3 Å². The van der Waals surface area contributed by atoms with Gasteiger partial charge in [-0.3, -0.25) is 0 Å². The van der Waals surface area contributed by atoms with Crippen molar-refractivity contribution < 1.29 is 0 Å². The van der Waals surface area contributed by atoms with Gasteiger partial charge in [0, 0.05) is 9.75 Å². The Hall–Kier alpha value is -3.42. The fourth-order valence-electron chi connectivity index (χ4n) is 4.59. The Kier molecular flexibility index (Phi) is 4.14. The molecule has 1 aliphatic rings. The normalized spacial score (nSPS) is 11.9. The Morgan fingerprint density at radius 1 is 0.467 bits per heavy atom. The predicted molar refractivity (Wildman–Crippen MR) is 129 cm³/mol. The third-order valence-electron chi connectivity index (χ3n) is 5.98. The molecule has 0 saturated heterocycles. The molecule has 0 N–H and O–H groups in total. The maximum atomic E-state index is 2.32. The van der Waals surface area contributed by atoms with Gasteiger partial charge in [0.05, 0.1) is 0 Å². The minimum atomic E-state index is 1.00. The highest BCUT2D eigenvalue weighted by Crippen LogP contribution is 2.47. The molecule has 0 spiro atoms. The predicted octanol–water partition coefficient (Wildman–Crippen LogP) is 8.32. The van der Waals surface area contributed by atoms with Crippen molar-refractivity contribution in [1.29, 1.82) is 0 Å². The first kappa shape index (κ1) is 17.4. The summed E-state index contributed by atoms with van der Waals surface area (Å²) in [5.74, 6) is 0. The third kappa shape index (κ3) is 2.82. The van der Waals surface area contributed by atoms with Gasteiger partial charge in [-0.1, -0.05) is 97.1 Å². The Labute approximate surface area is 181 Å². The van der Waals surface area contributed by atoms with Gasteiger partial charge in [0.2, 0.25) is 0 Å². The van der Waals surface area contributed by atoms with Gasteiger partial charge >= 0.3 is 0 Å². The molecule has 1 heterocycles. The van der Waals surface area contributed by atoms with Crippen molar-refractivity contribution in [2.75, 3.05) is 0 Å². The second-order valence-corrected chi connectivity index (χ2v) is 8.83. The van der Waals surface area contributed by atoms with Crippen LogP contribution in [0.15, 0.2) is 109 Å². The van der Waals surface area contributed by atoms with Crippen LogP contribution in [-0.4, -0.2) is 0 Å². The first-order valence-corrected chi connectivity index (χ1v) is 11.2. The third-order valence-corrected chi connectivity index (χ3v) is 7.15. The van der Waals surface area contributed by atoms with E-state index in [4.69, 9.17) is 0 Å². The molecule has 1 aromatic heterocycles. The van der Waals surface area contributed by atoms with Gasteiger partial charge in [-0.05, 0) is 63.1 Å². The highest BCUT2D eigenvalue weighted by atomic mass is 32.1. The second kappa shape index (κ2) is 7.12. The molecular weight excluding hydrogens is 380 g/mol. The molecule has 0 bridgehead atoms. The molecule has 5 aromatic rings. The summed E-state index contributed by atoms with van der Waals surface area (Å²) < 4.78 is 0. The number of hydrogen-bond donors (Lipinski definition) is 0. The minimum Gasteiger partial charge on any atom is -0.135 e. The van der Waals surface area contributed by atoms with Crippen LogP contribution in [0.25, 0.3) is 43.1 Å². The largest absolute Gasteiger partial charge is 0.135 e. The number of fused-ring (bicyclic) bond motifs is 3. The molecule has 1 aliphatic carbocycles. The monoisotopic (exact) mass is 400 g/mol. The first-order chi connectivity index (χ1) is 14.9. The Balaban J connectivity index is 1.56. The Morgan fingerprint density at radius 2 is 1.10 bits per heavy atom. The lowest BCUT2D eigenvalue weighted by molar-refractivity contribution is 1.26. The summed E-state index contributed by atoms with van der Waals surface area (Å²) in [6.45, 7) is 0. The lowest BCUT2D eigenvalue weighted by atomic mass is 9.90. The molecule has 0 unspecified atom stereocenters. The van der Waals surface area contributed by atoms with Gasteiger partial charge in [0.25, 0.3) is 0 Å². The van der Waals surface area contributed by atoms with Gasteiger partial charge in [0.15, 0.2) is 0 Å². The van der Waals surface area contributed by atoms with E-state index in [2.05, 4.69) is 109 Å². The zero-order chi connectivity index (χ0) is 19.9. The first-order valence-electron chi connectivity index (χ1n) is 10.3. The summed E-state index contributed by atoms with van der Waals surface area (Å²) in [6.07, 6.45) is 1.00. The van der Waals surface area contributed by atoms with Crippen LogP contribution in [0.1, 0.15) is 11.1 Å². The van der Waals surface area contributed by atoms with E-state index >= 15 is 0 Å². The van der Waals surface area contributed by atoms with Crippen LogP contribution >= 0.6 is 11.3 Å². The topological polar surface area (TPSA) is 0 Å². The lowest BCUT2D eigenvalue weighted by Gasteiger charge is -2.15. The molecule has 30 heavy (non-hydrogen) atoms. The van der Waals surface area contributed by atoms with E-state index in [0.29, 0.717) is 0 Å². The average Bonchev–Trinajstić information content (AvgIpc) is 3.45. The van der Waals surface area contributed by atoms with Crippen molar-refractivity contribution >= 4 is 11.3 Å². The van der Waals surface area contributed by atoms with Crippen molar-refractivity contribution in [1.82, 2.24) is 0 Å². The summed E-state index contributed by atoms with van der Waals surface area (Å²) in [5.41, 5.74) is 10.9. The number of rotatable bonds is 3. The SMILES string of the molecule is c1ccc(-c2ccc(-c3ccc4c(c3-c3ccccc3)Cc3ccccc3-4)s2)cc1.